The van der Waals surface area contributed by atoms with Crippen molar-refractivity contribution in [3.63, 3.8) is 0 Å². The number of esters is 1. The Morgan fingerprint density at radius 2 is 1.42 bits per heavy atom. The van der Waals surface area contributed by atoms with E-state index in [1.807, 2.05) is 12.1 Å². The molecule has 0 aliphatic rings. The highest BCUT2D eigenvalue weighted by molar-refractivity contribution is 5.69. The summed E-state index contributed by atoms with van der Waals surface area (Å²) in [4.78, 5) is 12.1. The number of quaternary nitrogens is 1. The maximum atomic E-state index is 12.1. The van der Waals surface area contributed by atoms with Crippen molar-refractivity contribution in [3.8, 4) is 5.75 Å². The van der Waals surface area contributed by atoms with Crippen molar-refractivity contribution < 1.29 is 18.8 Å². The fourth-order valence-corrected chi connectivity index (χ4v) is 4.63. The average molecular weight is 497 g/mol. The van der Waals surface area contributed by atoms with Crippen LogP contribution in [0.25, 0.3) is 0 Å². The van der Waals surface area contributed by atoms with Crippen molar-refractivity contribution in [2.24, 2.45) is 0 Å². The molecular formula is C32H50NO3+. The molecule has 0 heterocycles. The zero-order valence-electron chi connectivity index (χ0n) is 23.2. The largest absolute Gasteiger partial charge is 0.490 e. The van der Waals surface area contributed by atoms with Crippen LogP contribution in [-0.2, 0) is 22.5 Å². The summed E-state index contributed by atoms with van der Waals surface area (Å²) >= 11 is 0. The summed E-state index contributed by atoms with van der Waals surface area (Å²) in [5, 5.41) is 0. The highest BCUT2D eigenvalue weighted by atomic mass is 16.6. The number of carbonyl (C=O) groups is 1. The number of nitrogens with zero attached hydrogens (tertiary/aromatic N) is 1. The van der Waals surface area contributed by atoms with Gasteiger partial charge in [-0.05, 0) is 30.5 Å². The summed E-state index contributed by atoms with van der Waals surface area (Å²) in [5.41, 5.74) is 2.64. The van der Waals surface area contributed by atoms with Gasteiger partial charge in [0.25, 0.3) is 0 Å². The summed E-state index contributed by atoms with van der Waals surface area (Å²) in [7, 11) is 4.41. The Bertz CT molecular complexity index is 834. The van der Waals surface area contributed by atoms with Gasteiger partial charge in [0.15, 0.2) is 0 Å². The summed E-state index contributed by atoms with van der Waals surface area (Å²) < 4.78 is 12.1. The highest BCUT2D eigenvalue weighted by Gasteiger charge is 2.16. The van der Waals surface area contributed by atoms with Crippen molar-refractivity contribution in [2.75, 3.05) is 33.9 Å². The van der Waals surface area contributed by atoms with Crippen molar-refractivity contribution in [3.05, 3.63) is 65.7 Å². The third-order valence-electron chi connectivity index (χ3n) is 6.68. The second-order valence-electron chi connectivity index (χ2n) is 10.7. The first kappa shape index (κ1) is 29.9. The number of rotatable bonds is 20. The van der Waals surface area contributed by atoms with Crippen LogP contribution in [0.15, 0.2) is 54.6 Å². The predicted molar refractivity (Wildman–Crippen MR) is 150 cm³/mol. The van der Waals surface area contributed by atoms with Crippen LogP contribution >= 0.6 is 0 Å². The normalized spacial score (nSPS) is 11.4. The molecule has 0 aliphatic heterocycles. The molecule has 0 fully saturated rings. The molecule has 36 heavy (non-hydrogen) atoms. The first-order valence-electron chi connectivity index (χ1n) is 14.2. The van der Waals surface area contributed by atoms with Crippen LogP contribution in [-0.4, -0.2) is 44.3 Å². The van der Waals surface area contributed by atoms with Gasteiger partial charge in [0, 0.05) is 12.0 Å². The molecular weight excluding hydrogens is 446 g/mol. The summed E-state index contributed by atoms with van der Waals surface area (Å²) in [6.45, 7) is 4.85. The van der Waals surface area contributed by atoms with Crippen LogP contribution < -0.4 is 4.74 Å². The molecule has 0 amide bonds. The van der Waals surface area contributed by atoms with E-state index in [2.05, 4.69) is 63.5 Å². The highest BCUT2D eigenvalue weighted by Crippen LogP contribution is 2.17. The van der Waals surface area contributed by atoms with Crippen LogP contribution in [0.2, 0.25) is 0 Å². The predicted octanol–water partition coefficient (Wildman–Crippen LogP) is 7.74. The number of aryl methyl sites for hydroxylation is 1. The number of benzene rings is 2. The van der Waals surface area contributed by atoms with E-state index in [0.717, 1.165) is 36.2 Å². The molecule has 0 aromatic heterocycles. The topological polar surface area (TPSA) is 35.5 Å². The Balaban J connectivity index is 1.52. The fourth-order valence-electron chi connectivity index (χ4n) is 4.63. The molecule has 0 aliphatic carbocycles. The Kier molecular flexibility index (Phi) is 14.9. The van der Waals surface area contributed by atoms with Gasteiger partial charge in [-0.3, -0.25) is 4.79 Å². The van der Waals surface area contributed by atoms with Crippen LogP contribution in [0, 0.1) is 0 Å². The van der Waals surface area contributed by atoms with Gasteiger partial charge < -0.3 is 14.0 Å². The summed E-state index contributed by atoms with van der Waals surface area (Å²) in [6.07, 6.45) is 14.5. The number of carbonyl (C=O) groups excluding carboxylic acids is 1. The lowest BCUT2D eigenvalue weighted by Gasteiger charge is -2.29. The number of hydrogen-bond donors (Lipinski definition) is 0. The lowest BCUT2D eigenvalue weighted by Crippen LogP contribution is -2.39. The lowest BCUT2D eigenvalue weighted by molar-refractivity contribution is -0.903. The minimum absolute atomic E-state index is 0.141. The molecule has 0 saturated carbocycles. The smallest absolute Gasteiger partial charge is 0.306 e. The molecule has 4 heteroatoms. The van der Waals surface area contributed by atoms with E-state index in [9.17, 15) is 4.79 Å². The average Bonchev–Trinajstić information content (AvgIpc) is 2.86. The Morgan fingerprint density at radius 3 is 2.14 bits per heavy atom. The molecule has 0 atom stereocenters. The van der Waals surface area contributed by atoms with Gasteiger partial charge in [-0.15, -0.1) is 0 Å². The molecule has 200 valence electrons. The van der Waals surface area contributed by atoms with Gasteiger partial charge in [0.2, 0.25) is 0 Å². The molecule has 2 rings (SSSR count). The summed E-state index contributed by atoms with van der Waals surface area (Å²) in [6, 6.07) is 18.8. The monoisotopic (exact) mass is 496 g/mol. The van der Waals surface area contributed by atoms with E-state index < -0.39 is 0 Å². The second-order valence-corrected chi connectivity index (χ2v) is 10.7. The minimum atomic E-state index is -0.141. The quantitative estimate of drug-likeness (QED) is 0.107. The summed E-state index contributed by atoms with van der Waals surface area (Å²) in [5.74, 6) is 0.719. The maximum absolute atomic E-state index is 12.1. The molecule has 2 aromatic rings. The molecule has 2 aromatic carbocycles. The van der Waals surface area contributed by atoms with Crippen molar-refractivity contribution in [2.45, 2.75) is 90.5 Å². The van der Waals surface area contributed by atoms with Gasteiger partial charge in [0.05, 0.1) is 27.1 Å². The lowest BCUT2D eigenvalue weighted by atomic mass is 10.0. The molecule has 0 radical (unpaired) electrons. The molecule has 0 N–H and O–H groups in total. The van der Waals surface area contributed by atoms with E-state index >= 15 is 0 Å². The molecule has 0 bridgehead atoms. The van der Waals surface area contributed by atoms with Gasteiger partial charge in [0.1, 0.15) is 25.5 Å². The molecule has 4 nitrogen and oxygen atoms in total. The first-order chi connectivity index (χ1) is 17.5. The zero-order chi connectivity index (χ0) is 25.9. The van der Waals surface area contributed by atoms with Gasteiger partial charge in [-0.25, -0.2) is 0 Å². The Hall–Kier alpha value is -2.33. The fraction of sp³-hybridized carbons (Fsp3) is 0.594. The van der Waals surface area contributed by atoms with E-state index in [0.29, 0.717) is 19.6 Å². The van der Waals surface area contributed by atoms with E-state index in [-0.39, 0.29) is 5.97 Å². The van der Waals surface area contributed by atoms with E-state index in [4.69, 9.17) is 9.47 Å². The van der Waals surface area contributed by atoms with Crippen molar-refractivity contribution >= 4 is 5.97 Å². The Morgan fingerprint density at radius 1 is 0.750 bits per heavy atom. The SMILES string of the molecule is CCCCCCCCCCCc1cccc(OCCOC(=O)CCC[N+](C)(C)Cc2ccccc2)c1. The van der Waals surface area contributed by atoms with Crippen molar-refractivity contribution in [1.82, 2.24) is 0 Å². The number of hydrogen-bond acceptors (Lipinski definition) is 3. The van der Waals surface area contributed by atoms with Crippen molar-refractivity contribution in [1.29, 1.82) is 0 Å². The Labute approximate surface area is 220 Å². The molecule has 0 spiro atoms. The van der Waals surface area contributed by atoms with Gasteiger partial charge in [-0.2, -0.15) is 0 Å². The third kappa shape index (κ3) is 14.3. The maximum Gasteiger partial charge on any atom is 0.306 e. The number of unbranched alkanes of at least 4 members (excludes halogenated alkanes) is 8. The van der Waals surface area contributed by atoms with E-state index in [1.54, 1.807) is 0 Å². The van der Waals surface area contributed by atoms with Crippen LogP contribution in [0.5, 0.6) is 5.75 Å². The molecule has 0 saturated heterocycles. The third-order valence-corrected chi connectivity index (χ3v) is 6.68. The van der Waals surface area contributed by atoms with Crippen LogP contribution in [0.1, 0.15) is 88.7 Å². The number of ether oxygens (including phenoxy) is 2. The first-order valence-corrected chi connectivity index (χ1v) is 14.2. The standard InChI is InChI=1S/C32H50NO3/c1-4-5-6-7-8-9-10-11-13-18-29-21-16-22-31(27-29)35-25-26-36-32(34)23-17-24-33(2,3)28-30-19-14-12-15-20-30/h12,14-16,19-22,27H,4-11,13,17-18,23-26,28H2,1-3H3/q+1. The zero-order valence-corrected chi connectivity index (χ0v) is 23.2. The van der Waals surface area contributed by atoms with Crippen LogP contribution in [0.3, 0.4) is 0 Å². The van der Waals surface area contributed by atoms with Gasteiger partial charge >= 0.3 is 5.97 Å². The van der Waals surface area contributed by atoms with E-state index in [1.165, 1.54) is 68.9 Å². The van der Waals surface area contributed by atoms with Crippen LogP contribution in [0.4, 0.5) is 0 Å². The second kappa shape index (κ2) is 18.0. The minimum Gasteiger partial charge on any atom is -0.490 e. The van der Waals surface area contributed by atoms with Gasteiger partial charge in [-0.1, -0.05) is 101 Å². The molecule has 0 unspecified atom stereocenters.